The zero-order chi connectivity index (χ0) is 28.3. The number of carboxylic acid groups (broad SMARTS) is 1. The normalized spacial score (nSPS) is 14.2. The summed E-state index contributed by atoms with van der Waals surface area (Å²) < 4.78 is 12.7. The van der Waals surface area contributed by atoms with Crippen molar-refractivity contribution in [3.8, 4) is 6.01 Å². The number of aromatic amines is 1. The number of benzene rings is 1. The summed E-state index contributed by atoms with van der Waals surface area (Å²) in [5.74, 6) is -0.902. The molecular weight excluding hydrogens is 514 g/mol. The molecule has 3 N–H and O–H groups in total. The van der Waals surface area contributed by atoms with Crippen molar-refractivity contribution >= 4 is 23.0 Å². The van der Waals surface area contributed by atoms with Gasteiger partial charge in [0, 0.05) is 45.1 Å². The fraction of sp³-hybridized carbons (Fsp3) is 0.571. The first-order valence-corrected chi connectivity index (χ1v) is 14.1. The number of carboxylic acids is 1. The molecule has 1 aliphatic heterocycles. The molecule has 1 saturated heterocycles. The SMILES string of the molecule is CCCCOc1nc(N)c2[nH]c(=O)n(CCCN(CCCN3CCOCC3)Cc3cccc(CC(=O)[O-])c3)c2n1. The molecule has 0 spiro atoms. The summed E-state index contributed by atoms with van der Waals surface area (Å²) in [5, 5.41) is 11.1. The van der Waals surface area contributed by atoms with E-state index in [1.165, 1.54) is 0 Å². The number of rotatable bonds is 16. The van der Waals surface area contributed by atoms with Crippen LogP contribution in [0.5, 0.6) is 6.01 Å². The van der Waals surface area contributed by atoms with Gasteiger partial charge < -0.3 is 30.1 Å². The molecule has 1 fully saturated rings. The molecule has 12 heteroatoms. The van der Waals surface area contributed by atoms with E-state index >= 15 is 0 Å². The van der Waals surface area contributed by atoms with Crippen molar-refractivity contribution in [3.05, 3.63) is 45.9 Å². The quantitative estimate of drug-likeness (QED) is 0.243. The standard InChI is InChI=1S/C28H41N7O5/c1-2-3-15-40-27-31-25(29)24-26(32-27)35(28(38)30-24)12-6-11-34(10-5-9-33-13-16-39-17-14-33)20-22-8-4-7-21(18-22)19-23(36)37/h4,7-8,18H,2-3,5-6,9-17,19-20H2,1H3,(H,30,38)(H,36,37)(H2,29,31,32)/p-1. The summed E-state index contributed by atoms with van der Waals surface area (Å²) in [6.45, 7) is 9.73. The van der Waals surface area contributed by atoms with E-state index in [0.717, 1.165) is 76.3 Å². The predicted octanol–water partition coefficient (Wildman–Crippen LogP) is 0.788. The van der Waals surface area contributed by atoms with Crippen LogP contribution in [0.25, 0.3) is 11.2 Å². The molecule has 0 amide bonds. The number of anilines is 1. The van der Waals surface area contributed by atoms with Crippen molar-refractivity contribution in [1.29, 1.82) is 0 Å². The summed E-state index contributed by atoms with van der Waals surface area (Å²) in [7, 11) is 0. The van der Waals surface area contributed by atoms with Gasteiger partial charge in [0.25, 0.3) is 0 Å². The number of aliphatic carboxylic acids is 1. The number of aryl methyl sites for hydroxylation is 1. The van der Waals surface area contributed by atoms with Crippen LogP contribution in [-0.4, -0.2) is 87.8 Å². The van der Waals surface area contributed by atoms with E-state index in [-0.39, 0.29) is 23.9 Å². The highest BCUT2D eigenvalue weighted by Crippen LogP contribution is 2.18. The number of nitrogens with zero attached hydrogens (tertiary/aromatic N) is 5. The Morgan fingerprint density at radius 2 is 1.90 bits per heavy atom. The van der Waals surface area contributed by atoms with Crippen LogP contribution in [0.15, 0.2) is 29.1 Å². The number of aromatic nitrogens is 4. The molecular formula is C28H40N7O5-. The first kappa shape index (κ1) is 29.5. The number of carbonyl (C=O) groups is 1. The molecule has 40 heavy (non-hydrogen) atoms. The smallest absolute Gasteiger partial charge is 0.327 e. The second-order valence-corrected chi connectivity index (χ2v) is 10.2. The Bertz CT molecular complexity index is 1300. The molecule has 3 heterocycles. The van der Waals surface area contributed by atoms with Gasteiger partial charge in [0.2, 0.25) is 0 Å². The maximum atomic E-state index is 12.8. The second kappa shape index (κ2) is 14.8. The molecule has 0 saturated carbocycles. The lowest BCUT2D eigenvalue weighted by atomic mass is 10.1. The van der Waals surface area contributed by atoms with E-state index in [4.69, 9.17) is 15.2 Å². The molecule has 0 aliphatic carbocycles. The molecule has 4 rings (SSSR count). The molecule has 0 bridgehead atoms. The Hall–Kier alpha value is -3.48. The summed E-state index contributed by atoms with van der Waals surface area (Å²) in [6, 6.07) is 7.80. The highest BCUT2D eigenvalue weighted by atomic mass is 16.5. The number of ether oxygens (including phenoxy) is 2. The van der Waals surface area contributed by atoms with Crippen LogP contribution in [0.3, 0.4) is 0 Å². The third kappa shape index (κ3) is 8.51. The summed E-state index contributed by atoms with van der Waals surface area (Å²) in [6.07, 6.45) is 3.45. The minimum atomic E-state index is -1.09. The monoisotopic (exact) mass is 554 g/mol. The molecule has 0 radical (unpaired) electrons. The fourth-order valence-electron chi connectivity index (χ4n) is 4.94. The van der Waals surface area contributed by atoms with Gasteiger partial charge in [0.15, 0.2) is 11.5 Å². The second-order valence-electron chi connectivity index (χ2n) is 10.2. The number of hydrogen-bond donors (Lipinski definition) is 2. The maximum absolute atomic E-state index is 12.8. The Morgan fingerprint density at radius 1 is 1.15 bits per heavy atom. The fourth-order valence-corrected chi connectivity index (χ4v) is 4.94. The van der Waals surface area contributed by atoms with E-state index in [2.05, 4.69) is 31.7 Å². The van der Waals surface area contributed by atoms with Gasteiger partial charge in [-0.1, -0.05) is 37.6 Å². The lowest BCUT2D eigenvalue weighted by Crippen LogP contribution is -2.38. The Morgan fingerprint density at radius 3 is 2.65 bits per heavy atom. The average molecular weight is 555 g/mol. The number of nitrogens with two attached hydrogens (primary N) is 1. The van der Waals surface area contributed by atoms with E-state index in [0.29, 0.717) is 37.3 Å². The molecule has 0 unspecified atom stereocenters. The first-order valence-electron chi connectivity index (χ1n) is 14.1. The van der Waals surface area contributed by atoms with Gasteiger partial charge in [-0.2, -0.15) is 9.97 Å². The third-order valence-corrected chi connectivity index (χ3v) is 7.01. The number of hydrogen-bond acceptors (Lipinski definition) is 10. The largest absolute Gasteiger partial charge is 0.550 e. The van der Waals surface area contributed by atoms with Crippen molar-refractivity contribution < 1.29 is 19.4 Å². The van der Waals surface area contributed by atoms with Gasteiger partial charge >= 0.3 is 11.7 Å². The number of carbonyl (C=O) groups excluding carboxylic acids is 1. The number of nitrogen functional groups attached to an aromatic ring is 1. The Balaban J connectivity index is 1.42. The Labute approximate surface area is 234 Å². The lowest BCUT2D eigenvalue weighted by Gasteiger charge is -2.28. The predicted molar refractivity (Wildman–Crippen MR) is 150 cm³/mol. The van der Waals surface area contributed by atoms with Crippen molar-refractivity contribution in [3.63, 3.8) is 0 Å². The number of H-pyrrole nitrogens is 1. The van der Waals surface area contributed by atoms with Crippen LogP contribution in [0.4, 0.5) is 5.82 Å². The maximum Gasteiger partial charge on any atom is 0.327 e. The van der Waals surface area contributed by atoms with Crippen LogP contribution in [0.2, 0.25) is 0 Å². The average Bonchev–Trinajstić information content (AvgIpc) is 3.24. The summed E-state index contributed by atoms with van der Waals surface area (Å²) in [5.41, 5.74) is 8.44. The van der Waals surface area contributed by atoms with Crippen molar-refractivity contribution in [2.45, 2.75) is 52.1 Å². The summed E-state index contributed by atoms with van der Waals surface area (Å²) in [4.78, 5) is 40.0. The van der Waals surface area contributed by atoms with Gasteiger partial charge in [-0.25, -0.2) is 4.79 Å². The van der Waals surface area contributed by atoms with Gasteiger partial charge in [-0.05, 0) is 43.5 Å². The molecule has 12 nitrogen and oxygen atoms in total. The number of nitrogens with one attached hydrogen (secondary N) is 1. The topological polar surface area (TPSA) is 155 Å². The molecule has 218 valence electrons. The van der Waals surface area contributed by atoms with Gasteiger partial charge in [-0.3, -0.25) is 14.4 Å². The van der Waals surface area contributed by atoms with E-state index < -0.39 is 5.97 Å². The van der Waals surface area contributed by atoms with Crippen LogP contribution in [0, 0.1) is 0 Å². The zero-order valence-electron chi connectivity index (χ0n) is 23.3. The van der Waals surface area contributed by atoms with E-state index in [1.807, 2.05) is 18.2 Å². The molecule has 3 aromatic rings. The number of morpholine rings is 1. The van der Waals surface area contributed by atoms with Crippen molar-refractivity contribution in [2.24, 2.45) is 0 Å². The highest BCUT2D eigenvalue weighted by Gasteiger charge is 2.16. The van der Waals surface area contributed by atoms with E-state index in [1.54, 1.807) is 10.6 Å². The van der Waals surface area contributed by atoms with Gasteiger partial charge in [-0.15, -0.1) is 0 Å². The van der Waals surface area contributed by atoms with Crippen molar-refractivity contribution in [1.82, 2.24) is 29.3 Å². The summed E-state index contributed by atoms with van der Waals surface area (Å²) >= 11 is 0. The molecule has 1 aliphatic rings. The third-order valence-electron chi connectivity index (χ3n) is 7.01. The molecule has 2 aromatic heterocycles. The Kier molecular flexibility index (Phi) is 10.9. The highest BCUT2D eigenvalue weighted by molar-refractivity contribution is 5.81. The van der Waals surface area contributed by atoms with Crippen LogP contribution < -0.4 is 21.3 Å². The number of fused-ring (bicyclic) bond motifs is 1. The number of imidazole rings is 1. The number of unbranched alkanes of at least 4 members (excludes halogenated alkanes) is 1. The molecule has 1 aromatic carbocycles. The first-order chi connectivity index (χ1) is 19.4. The van der Waals surface area contributed by atoms with Crippen LogP contribution >= 0.6 is 0 Å². The van der Waals surface area contributed by atoms with Crippen LogP contribution in [0.1, 0.15) is 43.7 Å². The minimum absolute atomic E-state index is 0.108. The van der Waals surface area contributed by atoms with Gasteiger partial charge in [0.1, 0.15) is 5.52 Å². The van der Waals surface area contributed by atoms with Crippen LogP contribution in [-0.2, 0) is 29.0 Å². The molecule has 0 atom stereocenters. The minimum Gasteiger partial charge on any atom is -0.550 e. The lowest BCUT2D eigenvalue weighted by molar-refractivity contribution is -0.304. The van der Waals surface area contributed by atoms with Crippen molar-refractivity contribution in [2.75, 3.05) is 58.3 Å². The van der Waals surface area contributed by atoms with Gasteiger partial charge in [0.05, 0.1) is 19.8 Å². The van der Waals surface area contributed by atoms with E-state index in [9.17, 15) is 14.7 Å². The zero-order valence-corrected chi connectivity index (χ0v) is 23.3.